The molecule has 0 saturated heterocycles. The number of nitrogens with one attached hydrogen (secondary N) is 1. The van der Waals surface area contributed by atoms with Crippen molar-refractivity contribution in [3.63, 3.8) is 0 Å². The molecule has 0 fully saturated rings. The zero-order valence-electron chi connectivity index (χ0n) is 28.2. The van der Waals surface area contributed by atoms with Gasteiger partial charge in [0.25, 0.3) is 0 Å². The van der Waals surface area contributed by atoms with Gasteiger partial charge < -0.3 is 14.3 Å². The van der Waals surface area contributed by atoms with Gasteiger partial charge in [-0.15, -0.1) is 0 Å². The summed E-state index contributed by atoms with van der Waals surface area (Å²) in [5.74, 6) is 0. The predicted molar refractivity (Wildman–Crippen MR) is 209 cm³/mol. The average Bonchev–Trinajstić information content (AvgIpc) is 3.78. The molecule has 0 spiro atoms. The summed E-state index contributed by atoms with van der Waals surface area (Å²) in [4.78, 5) is 10.00. The Balaban J connectivity index is 1.13. The summed E-state index contributed by atoms with van der Waals surface area (Å²) in [6.45, 7) is 4.58. The topological polar surface area (TPSA) is 55.4 Å². The van der Waals surface area contributed by atoms with Gasteiger partial charge in [0.2, 0.25) is 0 Å². The lowest BCUT2D eigenvalue weighted by atomic mass is 9.84. The summed E-state index contributed by atoms with van der Waals surface area (Å²) in [6, 6.07) is 47.9. The number of furan rings is 1. The van der Waals surface area contributed by atoms with Crippen molar-refractivity contribution in [2.45, 2.75) is 25.4 Å². The van der Waals surface area contributed by atoms with Crippen molar-refractivity contribution in [1.29, 1.82) is 0 Å². The summed E-state index contributed by atoms with van der Waals surface area (Å²) >= 11 is 0. The fourth-order valence-corrected chi connectivity index (χ4v) is 8.57. The molecule has 1 atom stereocenters. The Labute approximate surface area is 294 Å². The number of rotatable bonds is 3. The SMILES string of the molecule is CC1(C)C2=C(NC(n3c4ccccc4c4cc5ccccc5cc43)C(c3ccncc3)=N2)c2cc(-c3ccc4oc5ccccc5c4c3)ccc21. The molecule has 1 aliphatic heterocycles. The highest BCUT2D eigenvalue weighted by molar-refractivity contribution is 6.15. The molecular formula is C46H32N4O. The molecule has 1 N–H and O–H groups in total. The first kappa shape index (κ1) is 28.4. The maximum Gasteiger partial charge on any atom is 0.148 e. The van der Waals surface area contributed by atoms with Gasteiger partial charge in [0.1, 0.15) is 17.3 Å². The van der Waals surface area contributed by atoms with Crippen LogP contribution < -0.4 is 5.32 Å². The van der Waals surface area contributed by atoms with Gasteiger partial charge in [0, 0.05) is 50.5 Å². The first-order valence-corrected chi connectivity index (χ1v) is 17.5. The molecule has 0 radical (unpaired) electrons. The van der Waals surface area contributed by atoms with E-state index in [1.165, 1.54) is 38.2 Å². The van der Waals surface area contributed by atoms with E-state index in [1.54, 1.807) is 0 Å². The van der Waals surface area contributed by atoms with E-state index in [9.17, 15) is 0 Å². The highest BCUT2D eigenvalue weighted by atomic mass is 16.3. The number of para-hydroxylation sites is 2. The van der Waals surface area contributed by atoms with Gasteiger partial charge in [-0.05, 0) is 82.1 Å². The van der Waals surface area contributed by atoms with Gasteiger partial charge in [0.15, 0.2) is 0 Å². The van der Waals surface area contributed by atoms with Crippen LogP contribution in [0, 0.1) is 0 Å². The molecule has 4 heterocycles. The lowest BCUT2D eigenvalue weighted by Gasteiger charge is -2.32. The zero-order valence-corrected chi connectivity index (χ0v) is 28.2. The van der Waals surface area contributed by atoms with Crippen LogP contribution in [0.4, 0.5) is 0 Å². The highest BCUT2D eigenvalue weighted by Gasteiger charge is 2.43. The molecule has 242 valence electrons. The molecule has 3 aromatic heterocycles. The Morgan fingerprint density at radius 1 is 0.608 bits per heavy atom. The van der Waals surface area contributed by atoms with Gasteiger partial charge in [0.05, 0.1) is 28.1 Å². The number of aromatic nitrogens is 2. The molecule has 1 unspecified atom stereocenters. The molecule has 0 amide bonds. The fraction of sp³-hybridized carbons (Fsp3) is 0.0870. The zero-order chi connectivity index (χ0) is 33.8. The van der Waals surface area contributed by atoms with Crippen LogP contribution >= 0.6 is 0 Å². The van der Waals surface area contributed by atoms with Crippen LogP contribution in [0.2, 0.25) is 0 Å². The monoisotopic (exact) mass is 656 g/mol. The van der Waals surface area contributed by atoms with Crippen molar-refractivity contribution in [3.05, 3.63) is 168 Å². The second-order valence-electron chi connectivity index (χ2n) is 14.3. The van der Waals surface area contributed by atoms with Gasteiger partial charge in [-0.3, -0.25) is 4.98 Å². The summed E-state index contributed by atoms with van der Waals surface area (Å²) in [5.41, 5.74) is 12.8. The lowest BCUT2D eigenvalue weighted by Crippen LogP contribution is -2.37. The third-order valence-corrected chi connectivity index (χ3v) is 11.1. The Bertz CT molecular complexity index is 2980. The van der Waals surface area contributed by atoms with Crippen molar-refractivity contribution in [2.24, 2.45) is 4.99 Å². The number of hydrogen-bond donors (Lipinski definition) is 1. The second kappa shape index (κ2) is 10.3. The van der Waals surface area contributed by atoms with Crippen LogP contribution in [0.1, 0.15) is 36.7 Å². The van der Waals surface area contributed by atoms with Crippen LogP contribution in [0.25, 0.3) is 71.3 Å². The number of nitrogens with zero attached hydrogens (tertiary/aromatic N) is 3. The fourth-order valence-electron chi connectivity index (χ4n) is 8.57. The van der Waals surface area contributed by atoms with Gasteiger partial charge in [-0.2, -0.15) is 0 Å². The van der Waals surface area contributed by atoms with E-state index in [0.717, 1.165) is 61.3 Å². The summed E-state index contributed by atoms with van der Waals surface area (Å²) < 4.78 is 8.61. The number of allylic oxidation sites excluding steroid dienone is 1. The Morgan fingerprint density at radius 2 is 1.31 bits per heavy atom. The molecule has 0 bridgehead atoms. The average molecular weight is 657 g/mol. The van der Waals surface area contributed by atoms with Crippen molar-refractivity contribution >= 4 is 65.9 Å². The smallest absolute Gasteiger partial charge is 0.148 e. The number of hydrogen-bond acceptors (Lipinski definition) is 4. The number of aliphatic imine (C=N–C) groups is 1. The van der Waals surface area contributed by atoms with Crippen molar-refractivity contribution in [1.82, 2.24) is 14.9 Å². The summed E-state index contributed by atoms with van der Waals surface area (Å²) in [7, 11) is 0. The second-order valence-corrected chi connectivity index (χ2v) is 14.3. The van der Waals surface area contributed by atoms with Gasteiger partial charge >= 0.3 is 0 Å². The van der Waals surface area contributed by atoms with E-state index >= 15 is 0 Å². The summed E-state index contributed by atoms with van der Waals surface area (Å²) in [5, 5.41) is 11.3. The maximum atomic E-state index is 6.16. The number of benzene rings is 6. The predicted octanol–water partition coefficient (Wildman–Crippen LogP) is 11.2. The minimum absolute atomic E-state index is 0.270. The molecule has 2 aliphatic rings. The molecule has 5 nitrogen and oxygen atoms in total. The number of fused-ring (bicyclic) bond motifs is 9. The van der Waals surface area contributed by atoms with Crippen molar-refractivity contribution in [2.75, 3.05) is 0 Å². The molecule has 1 aliphatic carbocycles. The Hall–Kier alpha value is -6.46. The van der Waals surface area contributed by atoms with Gasteiger partial charge in [-0.1, -0.05) is 92.7 Å². The van der Waals surface area contributed by atoms with E-state index in [0.29, 0.717) is 0 Å². The van der Waals surface area contributed by atoms with E-state index < -0.39 is 0 Å². The lowest BCUT2D eigenvalue weighted by molar-refractivity contribution is 0.588. The van der Waals surface area contributed by atoms with E-state index in [2.05, 4.69) is 150 Å². The van der Waals surface area contributed by atoms with Crippen molar-refractivity contribution in [3.8, 4) is 11.1 Å². The third kappa shape index (κ3) is 4.03. The van der Waals surface area contributed by atoms with E-state index in [1.807, 2.05) is 24.5 Å². The minimum atomic E-state index is -0.304. The maximum absolute atomic E-state index is 6.16. The van der Waals surface area contributed by atoms with E-state index in [4.69, 9.17) is 9.41 Å². The largest absolute Gasteiger partial charge is 0.456 e. The van der Waals surface area contributed by atoms with Crippen LogP contribution in [0.15, 0.2) is 161 Å². The molecule has 5 heteroatoms. The van der Waals surface area contributed by atoms with Crippen LogP contribution in [-0.2, 0) is 5.41 Å². The normalized spacial score (nSPS) is 16.6. The van der Waals surface area contributed by atoms with Crippen LogP contribution in [0.3, 0.4) is 0 Å². The molecule has 0 saturated carbocycles. The first-order chi connectivity index (χ1) is 25.0. The van der Waals surface area contributed by atoms with Crippen LogP contribution in [-0.4, -0.2) is 15.3 Å². The van der Waals surface area contributed by atoms with Gasteiger partial charge in [-0.25, -0.2) is 4.99 Å². The quantitative estimate of drug-likeness (QED) is 0.206. The molecule has 51 heavy (non-hydrogen) atoms. The number of pyridine rings is 1. The first-order valence-electron chi connectivity index (χ1n) is 17.5. The van der Waals surface area contributed by atoms with Crippen molar-refractivity contribution < 1.29 is 4.42 Å². The highest BCUT2D eigenvalue weighted by Crippen LogP contribution is 2.50. The minimum Gasteiger partial charge on any atom is -0.456 e. The third-order valence-electron chi connectivity index (χ3n) is 11.1. The van der Waals surface area contributed by atoms with Crippen LogP contribution in [0.5, 0.6) is 0 Å². The summed E-state index contributed by atoms with van der Waals surface area (Å²) in [6.07, 6.45) is 3.45. The molecular weight excluding hydrogens is 625 g/mol. The van der Waals surface area contributed by atoms with E-state index in [-0.39, 0.29) is 11.6 Å². The molecule has 11 rings (SSSR count). The standard InChI is InChI=1S/C46H32N4O/c1-46(2)37-17-15-30(31-16-18-41-35(24-31)33-12-6-8-14-40(33)51-41)25-36(37)43-44(46)48-42(27-19-21-47-22-20-27)45(49-43)50-38-13-7-5-11-32(38)34-23-28-9-3-4-10-29(28)26-39(34)50/h3-26,45,49H,1-2H3. The molecule has 6 aromatic carbocycles. The Kier molecular flexibility index (Phi) is 5.72. The Morgan fingerprint density at radius 3 is 2.18 bits per heavy atom. The molecule has 9 aromatic rings.